The Hall–Kier alpha value is -2.00. The Labute approximate surface area is 123 Å². The summed E-state index contributed by atoms with van der Waals surface area (Å²) in [7, 11) is 0. The maximum Gasteiger partial charge on any atom is 0.205 e. The van der Waals surface area contributed by atoms with Gasteiger partial charge in [0.15, 0.2) is 0 Å². The monoisotopic (exact) mass is 285 g/mol. The normalized spacial score (nSPS) is 11.4. The van der Waals surface area contributed by atoms with Gasteiger partial charge in [-0.3, -0.25) is 4.57 Å². The number of rotatable bonds is 2. The van der Waals surface area contributed by atoms with Crippen molar-refractivity contribution < 1.29 is 0 Å². The first-order valence-corrected chi connectivity index (χ1v) is 6.99. The van der Waals surface area contributed by atoms with Gasteiger partial charge in [-0.15, -0.1) is 0 Å². The molecule has 0 aliphatic rings. The summed E-state index contributed by atoms with van der Waals surface area (Å²) in [5.41, 5.74) is 10.1. The third kappa shape index (κ3) is 1.95. The zero-order valence-corrected chi connectivity index (χ0v) is 12.2. The molecule has 0 aliphatic carbocycles. The van der Waals surface area contributed by atoms with Gasteiger partial charge in [0.05, 0.1) is 16.2 Å². The first-order chi connectivity index (χ1) is 9.59. The lowest BCUT2D eigenvalue weighted by Gasteiger charge is -2.15. The summed E-state index contributed by atoms with van der Waals surface area (Å²) in [4.78, 5) is 4.40. The van der Waals surface area contributed by atoms with Crippen LogP contribution in [-0.4, -0.2) is 9.55 Å². The molecule has 0 atom stereocenters. The predicted octanol–water partition coefficient (Wildman–Crippen LogP) is 4.38. The second kappa shape index (κ2) is 4.84. The highest BCUT2D eigenvalue weighted by atomic mass is 35.5. The molecule has 0 saturated heterocycles. The first kappa shape index (κ1) is 13.0. The van der Waals surface area contributed by atoms with E-state index < -0.39 is 0 Å². The fourth-order valence-electron chi connectivity index (χ4n) is 2.52. The zero-order valence-electron chi connectivity index (χ0n) is 11.5. The molecule has 2 N–H and O–H groups in total. The topological polar surface area (TPSA) is 43.8 Å². The molecule has 3 rings (SSSR count). The van der Waals surface area contributed by atoms with Crippen molar-refractivity contribution in [1.82, 2.24) is 9.55 Å². The third-order valence-corrected chi connectivity index (χ3v) is 3.77. The van der Waals surface area contributed by atoms with Crippen molar-refractivity contribution in [3.05, 3.63) is 53.1 Å². The van der Waals surface area contributed by atoms with Crippen LogP contribution in [0.15, 0.2) is 42.5 Å². The predicted molar refractivity (Wildman–Crippen MR) is 84.6 cm³/mol. The zero-order chi connectivity index (χ0) is 14.3. The standard InChI is InChI=1S/C16H16ClN3/c1-10(2)11-6-3-4-8-13(11)20-14-9-5-7-12(17)15(14)19-16(20)18/h3-10H,1-2H3,(H2,18,19). The number of imidazole rings is 1. The van der Waals surface area contributed by atoms with Crippen LogP contribution in [-0.2, 0) is 0 Å². The Morgan fingerprint density at radius 3 is 2.60 bits per heavy atom. The van der Waals surface area contributed by atoms with Gasteiger partial charge >= 0.3 is 0 Å². The molecule has 0 fully saturated rings. The lowest BCUT2D eigenvalue weighted by atomic mass is 10.0. The molecular weight excluding hydrogens is 270 g/mol. The van der Waals surface area contributed by atoms with Crippen LogP contribution in [0.5, 0.6) is 0 Å². The summed E-state index contributed by atoms with van der Waals surface area (Å²) in [5, 5.41) is 0.620. The molecule has 102 valence electrons. The number of fused-ring (bicyclic) bond motifs is 1. The number of benzene rings is 2. The highest BCUT2D eigenvalue weighted by Gasteiger charge is 2.15. The van der Waals surface area contributed by atoms with Crippen molar-refractivity contribution in [2.45, 2.75) is 19.8 Å². The molecule has 2 aromatic carbocycles. The minimum absolute atomic E-state index is 0.405. The lowest BCUT2D eigenvalue weighted by Crippen LogP contribution is -2.04. The van der Waals surface area contributed by atoms with Crippen molar-refractivity contribution in [3.8, 4) is 5.69 Å². The number of nitrogens with zero attached hydrogens (tertiary/aromatic N) is 2. The van der Waals surface area contributed by atoms with E-state index in [9.17, 15) is 0 Å². The van der Waals surface area contributed by atoms with Gasteiger partial charge in [-0.25, -0.2) is 4.98 Å². The number of nitrogens with two attached hydrogens (primary N) is 1. The van der Waals surface area contributed by atoms with Crippen LogP contribution in [0.3, 0.4) is 0 Å². The average molecular weight is 286 g/mol. The minimum atomic E-state index is 0.405. The van der Waals surface area contributed by atoms with Gasteiger partial charge in [-0.2, -0.15) is 0 Å². The highest BCUT2D eigenvalue weighted by molar-refractivity contribution is 6.35. The maximum absolute atomic E-state index is 6.20. The molecule has 3 nitrogen and oxygen atoms in total. The number of hydrogen-bond donors (Lipinski definition) is 1. The molecule has 0 spiro atoms. The van der Waals surface area contributed by atoms with E-state index in [-0.39, 0.29) is 0 Å². The van der Waals surface area contributed by atoms with Crippen molar-refractivity contribution in [1.29, 1.82) is 0 Å². The Morgan fingerprint density at radius 2 is 1.85 bits per heavy atom. The van der Waals surface area contributed by atoms with Crippen molar-refractivity contribution in [2.75, 3.05) is 5.73 Å². The molecule has 1 aromatic heterocycles. The van der Waals surface area contributed by atoms with Gasteiger partial charge in [-0.05, 0) is 29.7 Å². The van der Waals surface area contributed by atoms with Gasteiger partial charge in [0, 0.05) is 0 Å². The Bertz CT molecular complexity index is 774. The van der Waals surface area contributed by atoms with Crippen LogP contribution in [0.25, 0.3) is 16.7 Å². The summed E-state index contributed by atoms with van der Waals surface area (Å²) in [6.07, 6.45) is 0. The van der Waals surface area contributed by atoms with E-state index in [2.05, 4.69) is 31.0 Å². The maximum atomic E-state index is 6.20. The first-order valence-electron chi connectivity index (χ1n) is 6.61. The second-order valence-corrected chi connectivity index (χ2v) is 5.53. The summed E-state index contributed by atoms with van der Waals surface area (Å²) in [6.45, 7) is 4.34. The molecule has 0 radical (unpaired) electrons. The number of aromatic nitrogens is 2. The molecule has 20 heavy (non-hydrogen) atoms. The molecule has 0 aliphatic heterocycles. The van der Waals surface area contributed by atoms with Crippen LogP contribution in [0.1, 0.15) is 25.3 Å². The van der Waals surface area contributed by atoms with E-state index in [1.54, 1.807) is 0 Å². The van der Waals surface area contributed by atoms with Gasteiger partial charge in [-0.1, -0.05) is 49.7 Å². The molecule has 0 unspecified atom stereocenters. The molecule has 0 saturated carbocycles. The molecule has 4 heteroatoms. The second-order valence-electron chi connectivity index (χ2n) is 5.13. The van der Waals surface area contributed by atoms with E-state index in [0.717, 1.165) is 16.7 Å². The Balaban J connectivity index is 2.36. The molecule has 0 amide bonds. The number of hydrogen-bond acceptors (Lipinski definition) is 2. The van der Waals surface area contributed by atoms with Gasteiger partial charge in [0.2, 0.25) is 5.95 Å². The van der Waals surface area contributed by atoms with E-state index in [0.29, 0.717) is 16.9 Å². The summed E-state index contributed by atoms with van der Waals surface area (Å²) in [6, 6.07) is 14.0. The molecular formula is C16H16ClN3. The fraction of sp³-hybridized carbons (Fsp3) is 0.188. The van der Waals surface area contributed by atoms with Crippen molar-refractivity contribution in [3.63, 3.8) is 0 Å². The fourth-order valence-corrected chi connectivity index (χ4v) is 2.73. The van der Waals surface area contributed by atoms with Gasteiger partial charge < -0.3 is 5.73 Å². The Kier molecular flexibility index (Phi) is 3.14. The van der Waals surface area contributed by atoms with Crippen LogP contribution in [0, 0.1) is 0 Å². The summed E-state index contributed by atoms with van der Waals surface area (Å²) in [5.74, 6) is 0.864. The highest BCUT2D eigenvalue weighted by Crippen LogP contribution is 2.31. The van der Waals surface area contributed by atoms with Crippen LogP contribution >= 0.6 is 11.6 Å². The lowest BCUT2D eigenvalue weighted by molar-refractivity contribution is 0.851. The quantitative estimate of drug-likeness (QED) is 0.759. The van der Waals surface area contributed by atoms with Gasteiger partial charge in [0.1, 0.15) is 5.52 Å². The molecule has 0 bridgehead atoms. The number of halogens is 1. The average Bonchev–Trinajstić information content (AvgIpc) is 2.76. The largest absolute Gasteiger partial charge is 0.369 e. The van der Waals surface area contributed by atoms with Crippen LogP contribution in [0.2, 0.25) is 5.02 Å². The Morgan fingerprint density at radius 1 is 1.10 bits per heavy atom. The number of nitrogen functional groups attached to an aromatic ring is 1. The van der Waals surface area contributed by atoms with Crippen LogP contribution in [0.4, 0.5) is 5.95 Å². The smallest absolute Gasteiger partial charge is 0.205 e. The SMILES string of the molecule is CC(C)c1ccccc1-n1c(N)nc2c(Cl)cccc21. The number of anilines is 1. The van der Waals surface area contributed by atoms with E-state index in [4.69, 9.17) is 17.3 Å². The van der Waals surface area contributed by atoms with Crippen LogP contribution < -0.4 is 5.73 Å². The van der Waals surface area contributed by atoms with E-state index in [1.165, 1.54) is 5.56 Å². The van der Waals surface area contributed by atoms with E-state index >= 15 is 0 Å². The molecule has 1 heterocycles. The van der Waals surface area contributed by atoms with Crippen molar-refractivity contribution in [2.24, 2.45) is 0 Å². The molecule has 3 aromatic rings. The summed E-state index contributed by atoms with van der Waals surface area (Å²) >= 11 is 6.20. The summed E-state index contributed by atoms with van der Waals surface area (Å²) < 4.78 is 1.97. The van der Waals surface area contributed by atoms with Gasteiger partial charge in [0.25, 0.3) is 0 Å². The number of para-hydroxylation sites is 2. The van der Waals surface area contributed by atoms with E-state index in [1.807, 2.05) is 34.9 Å². The third-order valence-electron chi connectivity index (χ3n) is 3.46. The minimum Gasteiger partial charge on any atom is -0.369 e. The van der Waals surface area contributed by atoms with Crippen molar-refractivity contribution >= 4 is 28.6 Å².